The van der Waals surface area contributed by atoms with Gasteiger partial charge in [-0.1, -0.05) is 43.9 Å². The Labute approximate surface area is 171 Å². The highest BCUT2D eigenvalue weighted by Crippen LogP contribution is 2.28. The molecule has 0 bridgehead atoms. The maximum absolute atomic E-state index is 13.0. The van der Waals surface area contributed by atoms with Gasteiger partial charge in [-0.3, -0.25) is 9.78 Å². The predicted octanol–water partition coefficient (Wildman–Crippen LogP) is 3.22. The molecule has 0 saturated heterocycles. The van der Waals surface area contributed by atoms with Gasteiger partial charge in [-0.05, 0) is 26.0 Å². The fourth-order valence-electron chi connectivity index (χ4n) is 4.45. The number of fused-ring (bicyclic) bond motifs is 2. The van der Waals surface area contributed by atoms with Gasteiger partial charge in [0.25, 0.3) is 5.91 Å². The summed E-state index contributed by atoms with van der Waals surface area (Å²) in [5.41, 5.74) is 3.23. The quantitative estimate of drug-likeness (QED) is 0.636. The third kappa shape index (κ3) is 4.58. The first-order chi connectivity index (χ1) is 14.1. The summed E-state index contributed by atoms with van der Waals surface area (Å²) in [6, 6.07) is 7.85. The standard InChI is InChI=1S/C23H29N3O3/c1-26-13-12-20-18(14-26)22(17-10-6-7-11-19(17)25-20)23(28)29-15-21(27)24-16-8-4-2-3-5-9-16/h6-7,10-11,16H,2-5,8-9,12-15H2,1H3,(H,24,27). The predicted molar refractivity (Wildman–Crippen MR) is 112 cm³/mol. The highest BCUT2D eigenvalue weighted by atomic mass is 16.5. The molecule has 0 spiro atoms. The number of likely N-dealkylation sites (N-methyl/N-ethyl adjacent to an activating group) is 1. The monoisotopic (exact) mass is 395 g/mol. The number of rotatable bonds is 4. The van der Waals surface area contributed by atoms with Crippen molar-refractivity contribution in [2.75, 3.05) is 20.2 Å². The molecule has 1 N–H and O–H groups in total. The lowest BCUT2D eigenvalue weighted by Crippen LogP contribution is -2.37. The van der Waals surface area contributed by atoms with Crippen molar-refractivity contribution in [2.45, 2.75) is 57.5 Å². The van der Waals surface area contributed by atoms with Crippen LogP contribution in [0.2, 0.25) is 0 Å². The molecule has 0 atom stereocenters. The Morgan fingerprint density at radius 1 is 1.17 bits per heavy atom. The molecule has 1 fully saturated rings. The smallest absolute Gasteiger partial charge is 0.339 e. The number of benzene rings is 1. The number of carbonyl (C=O) groups is 2. The van der Waals surface area contributed by atoms with Gasteiger partial charge < -0.3 is 15.0 Å². The molecule has 0 unspecified atom stereocenters. The fraction of sp³-hybridized carbons (Fsp3) is 0.522. The molecule has 4 rings (SSSR count). The third-order valence-corrected chi connectivity index (χ3v) is 6.00. The summed E-state index contributed by atoms with van der Waals surface area (Å²) in [5, 5.41) is 3.82. The van der Waals surface area contributed by atoms with Gasteiger partial charge in [-0.25, -0.2) is 4.79 Å². The van der Waals surface area contributed by atoms with Crippen LogP contribution in [-0.2, 0) is 22.5 Å². The largest absolute Gasteiger partial charge is 0.452 e. The summed E-state index contributed by atoms with van der Waals surface area (Å²) in [4.78, 5) is 32.3. The Morgan fingerprint density at radius 3 is 2.72 bits per heavy atom. The first-order valence-electron chi connectivity index (χ1n) is 10.7. The van der Waals surface area contributed by atoms with Gasteiger partial charge in [0.15, 0.2) is 6.61 Å². The van der Waals surface area contributed by atoms with Crippen LogP contribution in [0, 0.1) is 0 Å². The summed E-state index contributed by atoms with van der Waals surface area (Å²) < 4.78 is 5.47. The molecular formula is C23H29N3O3. The number of hydrogen-bond acceptors (Lipinski definition) is 5. The molecule has 1 aromatic heterocycles. The SMILES string of the molecule is CN1CCc2nc3ccccc3c(C(=O)OCC(=O)NC3CCCCCC3)c2C1. The van der Waals surface area contributed by atoms with Crippen LogP contribution in [0.3, 0.4) is 0 Å². The number of pyridine rings is 1. The van der Waals surface area contributed by atoms with Gasteiger partial charge in [-0.15, -0.1) is 0 Å². The summed E-state index contributed by atoms with van der Waals surface area (Å²) in [6.07, 6.45) is 7.58. The Balaban J connectivity index is 1.50. The summed E-state index contributed by atoms with van der Waals surface area (Å²) in [7, 11) is 2.04. The van der Waals surface area contributed by atoms with Gasteiger partial charge in [0.2, 0.25) is 0 Å². The molecule has 2 heterocycles. The highest BCUT2D eigenvalue weighted by Gasteiger charge is 2.26. The van der Waals surface area contributed by atoms with Crippen molar-refractivity contribution in [2.24, 2.45) is 0 Å². The molecular weight excluding hydrogens is 366 g/mol. The van der Waals surface area contributed by atoms with Crippen molar-refractivity contribution in [3.8, 4) is 0 Å². The Morgan fingerprint density at radius 2 is 1.93 bits per heavy atom. The van der Waals surface area contributed by atoms with E-state index in [9.17, 15) is 9.59 Å². The van der Waals surface area contributed by atoms with Crippen molar-refractivity contribution in [3.63, 3.8) is 0 Å². The number of nitrogens with one attached hydrogen (secondary N) is 1. The Hall–Kier alpha value is -2.47. The molecule has 0 radical (unpaired) electrons. The average molecular weight is 396 g/mol. The molecule has 29 heavy (non-hydrogen) atoms. The van der Waals surface area contributed by atoms with Crippen molar-refractivity contribution < 1.29 is 14.3 Å². The molecule has 2 aliphatic rings. The number of carbonyl (C=O) groups excluding carboxylic acids is 2. The molecule has 1 aromatic carbocycles. The van der Waals surface area contributed by atoms with Crippen LogP contribution in [0.4, 0.5) is 0 Å². The molecule has 1 saturated carbocycles. The number of nitrogens with zero attached hydrogens (tertiary/aromatic N) is 2. The van der Waals surface area contributed by atoms with E-state index in [1.54, 1.807) is 0 Å². The van der Waals surface area contributed by atoms with Gasteiger partial charge in [0.1, 0.15) is 0 Å². The van der Waals surface area contributed by atoms with Crippen molar-refractivity contribution >= 4 is 22.8 Å². The first kappa shape index (κ1) is 19.8. The average Bonchev–Trinajstić information content (AvgIpc) is 2.99. The lowest BCUT2D eigenvalue weighted by Gasteiger charge is -2.26. The topological polar surface area (TPSA) is 71.5 Å². The van der Waals surface area contributed by atoms with Gasteiger partial charge >= 0.3 is 5.97 Å². The minimum absolute atomic E-state index is 0.201. The number of hydrogen-bond donors (Lipinski definition) is 1. The second-order valence-electron chi connectivity index (χ2n) is 8.25. The normalized spacial score (nSPS) is 18.1. The number of esters is 1. The zero-order valence-electron chi connectivity index (χ0n) is 17.1. The van der Waals surface area contributed by atoms with Crippen LogP contribution in [0.1, 0.15) is 60.1 Å². The maximum atomic E-state index is 13.0. The molecule has 1 aliphatic heterocycles. The zero-order valence-corrected chi connectivity index (χ0v) is 17.1. The first-order valence-corrected chi connectivity index (χ1v) is 10.7. The lowest BCUT2D eigenvalue weighted by molar-refractivity contribution is -0.125. The Bertz CT molecular complexity index is 904. The summed E-state index contributed by atoms with van der Waals surface area (Å²) in [6.45, 7) is 1.33. The van der Waals surface area contributed by atoms with E-state index < -0.39 is 5.97 Å². The molecule has 154 valence electrons. The van der Waals surface area contributed by atoms with Crippen molar-refractivity contribution in [3.05, 3.63) is 41.1 Å². The molecule has 1 amide bonds. The summed E-state index contributed by atoms with van der Waals surface area (Å²) in [5.74, 6) is -0.652. The van der Waals surface area contributed by atoms with E-state index >= 15 is 0 Å². The van der Waals surface area contributed by atoms with Crippen LogP contribution >= 0.6 is 0 Å². The van der Waals surface area contributed by atoms with E-state index in [1.165, 1.54) is 12.8 Å². The highest BCUT2D eigenvalue weighted by molar-refractivity contribution is 6.05. The fourth-order valence-corrected chi connectivity index (χ4v) is 4.45. The van der Waals surface area contributed by atoms with Crippen LogP contribution in [-0.4, -0.2) is 48.0 Å². The van der Waals surface area contributed by atoms with E-state index in [2.05, 4.69) is 10.2 Å². The molecule has 6 heteroatoms. The van der Waals surface area contributed by atoms with Crippen LogP contribution in [0.25, 0.3) is 10.9 Å². The number of ether oxygens (including phenoxy) is 1. The third-order valence-electron chi connectivity index (χ3n) is 6.00. The van der Waals surface area contributed by atoms with Gasteiger partial charge in [0.05, 0.1) is 11.1 Å². The second kappa shape index (κ2) is 8.91. The van der Waals surface area contributed by atoms with E-state index in [4.69, 9.17) is 9.72 Å². The van der Waals surface area contributed by atoms with Crippen LogP contribution in [0.15, 0.2) is 24.3 Å². The number of para-hydroxylation sites is 1. The maximum Gasteiger partial charge on any atom is 0.339 e. The van der Waals surface area contributed by atoms with Gasteiger partial charge in [0, 0.05) is 42.2 Å². The number of aromatic nitrogens is 1. The lowest BCUT2D eigenvalue weighted by atomic mass is 9.96. The van der Waals surface area contributed by atoms with E-state index in [0.29, 0.717) is 12.1 Å². The second-order valence-corrected chi connectivity index (χ2v) is 8.25. The van der Waals surface area contributed by atoms with Gasteiger partial charge in [-0.2, -0.15) is 0 Å². The number of amides is 1. The summed E-state index contributed by atoms with van der Waals surface area (Å²) >= 11 is 0. The minimum Gasteiger partial charge on any atom is -0.452 e. The van der Waals surface area contributed by atoms with Crippen LogP contribution < -0.4 is 5.32 Å². The van der Waals surface area contributed by atoms with E-state index in [-0.39, 0.29) is 18.6 Å². The zero-order chi connectivity index (χ0) is 20.2. The van der Waals surface area contributed by atoms with Crippen LogP contribution in [0.5, 0.6) is 0 Å². The molecule has 1 aliphatic carbocycles. The molecule has 6 nitrogen and oxygen atoms in total. The molecule has 2 aromatic rings. The van der Waals surface area contributed by atoms with Crippen molar-refractivity contribution in [1.29, 1.82) is 0 Å². The van der Waals surface area contributed by atoms with E-state index in [1.807, 2.05) is 31.3 Å². The minimum atomic E-state index is -0.439. The van der Waals surface area contributed by atoms with Crippen molar-refractivity contribution in [1.82, 2.24) is 15.2 Å². The Kier molecular flexibility index (Phi) is 6.09. The van der Waals surface area contributed by atoms with E-state index in [0.717, 1.165) is 60.8 Å².